The highest BCUT2D eigenvalue weighted by molar-refractivity contribution is 6.31. The second-order valence-electron chi connectivity index (χ2n) is 4.79. The van der Waals surface area contributed by atoms with E-state index in [1.807, 2.05) is 39.0 Å². The SMILES string of the molecule is CC(C)OCCn1c(C(C)Cl)nc2cc(Cl)ccc21. The van der Waals surface area contributed by atoms with Crippen LogP contribution in [0.4, 0.5) is 0 Å². The van der Waals surface area contributed by atoms with Crippen LogP contribution in [-0.4, -0.2) is 22.3 Å². The van der Waals surface area contributed by atoms with Crippen LogP contribution >= 0.6 is 23.2 Å². The molecule has 1 unspecified atom stereocenters. The molecule has 0 aliphatic carbocycles. The van der Waals surface area contributed by atoms with Gasteiger partial charge >= 0.3 is 0 Å². The molecule has 2 rings (SSSR count). The number of hydrogen-bond donors (Lipinski definition) is 0. The average molecular weight is 301 g/mol. The van der Waals surface area contributed by atoms with Gasteiger partial charge in [0.25, 0.3) is 0 Å². The van der Waals surface area contributed by atoms with E-state index in [0.29, 0.717) is 11.6 Å². The molecular formula is C14H18Cl2N2O. The quantitative estimate of drug-likeness (QED) is 0.765. The molecule has 0 aliphatic rings. The van der Waals surface area contributed by atoms with Gasteiger partial charge in [-0.2, -0.15) is 0 Å². The van der Waals surface area contributed by atoms with Crippen molar-refractivity contribution in [2.75, 3.05) is 6.61 Å². The zero-order chi connectivity index (χ0) is 14.0. The Morgan fingerprint density at radius 1 is 1.32 bits per heavy atom. The van der Waals surface area contributed by atoms with Crippen LogP contribution in [0.15, 0.2) is 18.2 Å². The van der Waals surface area contributed by atoms with Crippen molar-refractivity contribution in [3.63, 3.8) is 0 Å². The second kappa shape index (κ2) is 6.12. The maximum absolute atomic E-state index is 6.20. The van der Waals surface area contributed by atoms with E-state index in [9.17, 15) is 0 Å². The molecule has 3 nitrogen and oxygen atoms in total. The van der Waals surface area contributed by atoms with E-state index in [4.69, 9.17) is 27.9 Å². The lowest BCUT2D eigenvalue weighted by molar-refractivity contribution is 0.0729. The van der Waals surface area contributed by atoms with Gasteiger partial charge < -0.3 is 9.30 Å². The van der Waals surface area contributed by atoms with E-state index >= 15 is 0 Å². The number of ether oxygens (including phenoxy) is 1. The van der Waals surface area contributed by atoms with E-state index in [1.165, 1.54) is 0 Å². The largest absolute Gasteiger partial charge is 0.377 e. The number of rotatable bonds is 5. The van der Waals surface area contributed by atoms with Crippen molar-refractivity contribution in [3.8, 4) is 0 Å². The van der Waals surface area contributed by atoms with Crippen LogP contribution in [0.2, 0.25) is 5.02 Å². The molecule has 0 spiro atoms. The van der Waals surface area contributed by atoms with Crippen LogP contribution in [0.1, 0.15) is 32.0 Å². The first-order valence-corrected chi connectivity index (χ1v) is 7.22. The van der Waals surface area contributed by atoms with Crippen molar-refractivity contribution in [2.24, 2.45) is 0 Å². The summed E-state index contributed by atoms with van der Waals surface area (Å²) < 4.78 is 7.71. The number of benzene rings is 1. The normalized spacial score (nSPS) is 13.4. The number of fused-ring (bicyclic) bond motifs is 1. The third-order valence-electron chi connectivity index (χ3n) is 2.86. The van der Waals surface area contributed by atoms with E-state index in [-0.39, 0.29) is 11.5 Å². The standard InChI is InChI=1S/C14H18Cl2N2O/c1-9(2)19-7-6-18-13-5-4-11(16)8-12(13)17-14(18)10(3)15/h4-5,8-10H,6-7H2,1-3H3. The molecule has 2 aromatic rings. The fourth-order valence-corrected chi connectivity index (χ4v) is 2.37. The molecule has 1 aromatic heterocycles. The number of imidazole rings is 1. The molecule has 1 atom stereocenters. The first-order chi connectivity index (χ1) is 8.99. The summed E-state index contributed by atoms with van der Waals surface area (Å²) in [4.78, 5) is 4.56. The van der Waals surface area contributed by atoms with Gasteiger partial charge in [0.1, 0.15) is 5.82 Å². The summed E-state index contributed by atoms with van der Waals surface area (Å²) in [6.45, 7) is 7.35. The van der Waals surface area contributed by atoms with Gasteiger partial charge in [-0.25, -0.2) is 4.98 Å². The van der Waals surface area contributed by atoms with Crippen LogP contribution in [0, 0.1) is 0 Å². The Labute approximate surface area is 123 Å². The zero-order valence-electron chi connectivity index (χ0n) is 11.4. The molecule has 104 valence electrons. The van der Waals surface area contributed by atoms with Gasteiger partial charge in [0, 0.05) is 11.6 Å². The van der Waals surface area contributed by atoms with Crippen molar-refractivity contribution in [2.45, 2.75) is 38.8 Å². The predicted octanol–water partition coefficient (Wildman–Crippen LogP) is 4.41. The number of alkyl halides is 1. The van der Waals surface area contributed by atoms with Gasteiger partial charge in [0.2, 0.25) is 0 Å². The van der Waals surface area contributed by atoms with Gasteiger partial charge in [-0.3, -0.25) is 0 Å². The first-order valence-electron chi connectivity index (χ1n) is 6.40. The third-order valence-corrected chi connectivity index (χ3v) is 3.29. The summed E-state index contributed by atoms with van der Waals surface area (Å²) in [5.74, 6) is 0.853. The van der Waals surface area contributed by atoms with Gasteiger partial charge in [0.05, 0.1) is 29.1 Å². The Morgan fingerprint density at radius 2 is 2.05 bits per heavy atom. The molecule has 0 saturated heterocycles. The lowest BCUT2D eigenvalue weighted by Crippen LogP contribution is -2.13. The number of nitrogens with zero attached hydrogens (tertiary/aromatic N) is 2. The lowest BCUT2D eigenvalue weighted by atomic mass is 10.3. The topological polar surface area (TPSA) is 27.1 Å². The Bertz CT molecular complexity index is 564. The molecule has 0 bridgehead atoms. The molecule has 1 heterocycles. The number of halogens is 2. The molecule has 0 saturated carbocycles. The molecule has 0 N–H and O–H groups in total. The van der Waals surface area contributed by atoms with Crippen molar-refractivity contribution in [1.29, 1.82) is 0 Å². The average Bonchev–Trinajstić information content (AvgIpc) is 2.67. The van der Waals surface area contributed by atoms with Gasteiger partial charge in [-0.1, -0.05) is 11.6 Å². The molecular weight excluding hydrogens is 283 g/mol. The van der Waals surface area contributed by atoms with Crippen LogP contribution in [-0.2, 0) is 11.3 Å². The Kier molecular flexibility index (Phi) is 4.71. The number of aromatic nitrogens is 2. The molecule has 0 radical (unpaired) electrons. The summed E-state index contributed by atoms with van der Waals surface area (Å²) in [6.07, 6.45) is 0.223. The Morgan fingerprint density at radius 3 is 2.68 bits per heavy atom. The van der Waals surface area contributed by atoms with E-state index in [1.54, 1.807) is 0 Å². The second-order valence-corrected chi connectivity index (χ2v) is 5.88. The minimum absolute atomic E-state index is 0.148. The van der Waals surface area contributed by atoms with Gasteiger partial charge in [-0.15, -0.1) is 11.6 Å². The molecule has 1 aromatic carbocycles. The monoisotopic (exact) mass is 300 g/mol. The van der Waals surface area contributed by atoms with Crippen molar-refractivity contribution in [1.82, 2.24) is 9.55 Å². The summed E-state index contributed by atoms with van der Waals surface area (Å²) in [5, 5.41) is 0.537. The van der Waals surface area contributed by atoms with E-state index < -0.39 is 0 Å². The zero-order valence-corrected chi connectivity index (χ0v) is 12.9. The summed E-state index contributed by atoms with van der Waals surface area (Å²) >= 11 is 12.2. The first kappa shape index (κ1) is 14.6. The highest BCUT2D eigenvalue weighted by Gasteiger charge is 2.15. The maximum Gasteiger partial charge on any atom is 0.127 e. The maximum atomic E-state index is 6.20. The van der Waals surface area contributed by atoms with Crippen molar-refractivity contribution in [3.05, 3.63) is 29.0 Å². The molecule has 0 aliphatic heterocycles. The Balaban J connectivity index is 2.35. The fraction of sp³-hybridized carbons (Fsp3) is 0.500. The highest BCUT2D eigenvalue weighted by Crippen LogP contribution is 2.26. The predicted molar refractivity (Wildman–Crippen MR) is 80.1 cm³/mol. The van der Waals surface area contributed by atoms with E-state index in [0.717, 1.165) is 23.4 Å². The minimum Gasteiger partial charge on any atom is -0.377 e. The van der Waals surface area contributed by atoms with Gasteiger partial charge in [-0.05, 0) is 39.0 Å². The molecule has 5 heteroatoms. The molecule has 0 amide bonds. The Hall–Kier alpha value is -0.770. The van der Waals surface area contributed by atoms with E-state index in [2.05, 4.69) is 9.55 Å². The summed E-state index contributed by atoms with van der Waals surface area (Å²) in [5.41, 5.74) is 1.92. The van der Waals surface area contributed by atoms with Crippen molar-refractivity contribution < 1.29 is 4.74 Å². The number of hydrogen-bond acceptors (Lipinski definition) is 2. The smallest absolute Gasteiger partial charge is 0.127 e. The van der Waals surface area contributed by atoms with Crippen LogP contribution in [0.3, 0.4) is 0 Å². The van der Waals surface area contributed by atoms with Crippen molar-refractivity contribution >= 4 is 34.2 Å². The van der Waals surface area contributed by atoms with Crippen LogP contribution in [0.25, 0.3) is 11.0 Å². The highest BCUT2D eigenvalue weighted by atomic mass is 35.5. The fourth-order valence-electron chi connectivity index (χ4n) is 2.04. The minimum atomic E-state index is -0.148. The summed E-state index contributed by atoms with van der Waals surface area (Å²) in [6, 6.07) is 5.70. The molecule has 0 fully saturated rings. The summed E-state index contributed by atoms with van der Waals surface area (Å²) in [7, 11) is 0. The third kappa shape index (κ3) is 3.41. The van der Waals surface area contributed by atoms with Crippen LogP contribution in [0.5, 0.6) is 0 Å². The van der Waals surface area contributed by atoms with Gasteiger partial charge in [0.15, 0.2) is 0 Å². The van der Waals surface area contributed by atoms with Crippen LogP contribution < -0.4 is 0 Å². The lowest BCUT2D eigenvalue weighted by Gasteiger charge is -2.12. The molecule has 19 heavy (non-hydrogen) atoms.